The normalized spacial score (nSPS) is 10.4. The Bertz CT molecular complexity index is 593. The average Bonchev–Trinajstić information content (AvgIpc) is 2.41. The Morgan fingerprint density at radius 3 is 2.50 bits per heavy atom. The maximum Gasteiger partial charge on any atom is 0.274 e. The van der Waals surface area contributed by atoms with Crippen molar-refractivity contribution in [2.75, 3.05) is 10.6 Å². The molecule has 0 atom stereocenters. The second kappa shape index (κ2) is 6.14. The standard InChI is InChI=1S/C15H18N4O/c1-10(2)18-14-8-13(16-9-17-14)15(20)19-12-6-4-11(3)5-7-12/h4-10H,1-3H3,(H,19,20)(H,16,17,18). The molecule has 104 valence electrons. The molecule has 2 rings (SSSR count). The molecule has 2 N–H and O–H groups in total. The van der Waals surface area contributed by atoms with Crippen LogP contribution in [0.15, 0.2) is 36.7 Å². The highest BCUT2D eigenvalue weighted by molar-refractivity contribution is 6.03. The van der Waals surface area contributed by atoms with Crippen LogP contribution in [-0.4, -0.2) is 21.9 Å². The lowest BCUT2D eigenvalue weighted by molar-refractivity contribution is 0.102. The van der Waals surface area contributed by atoms with Crippen LogP contribution in [0.3, 0.4) is 0 Å². The molecule has 0 saturated heterocycles. The number of nitrogens with one attached hydrogen (secondary N) is 2. The summed E-state index contributed by atoms with van der Waals surface area (Å²) in [5.41, 5.74) is 2.23. The molecule has 0 spiro atoms. The molecule has 0 unspecified atom stereocenters. The first-order chi connectivity index (χ1) is 9.54. The van der Waals surface area contributed by atoms with Crippen molar-refractivity contribution < 1.29 is 4.79 Å². The van der Waals surface area contributed by atoms with Crippen molar-refractivity contribution in [3.8, 4) is 0 Å². The molecule has 2 aromatic rings. The second-order valence-corrected chi connectivity index (χ2v) is 4.91. The number of benzene rings is 1. The Morgan fingerprint density at radius 2 is 1.85 bits per heavy atom. The monoisotopic (exact) mass is 270 g/mol. The van der Waals surface area contributed by atoms with Gasteiger partial charge in [0.15, 0.2) is 0 Å². The van der Waals surface area contributed by atoms with Gasteiger partial charge in [0, 0.05) is 17.8 Å². The van der Waals surface area contributed by atoms with Crippen LogP contribution in [0, 0.1) is 6.92 Å². The minimum Gasteiger partial charge on any atom is -0.368 e. The number of hydrogen-bond donors (Lipinski definition) is 2. The Morgan fingerprint density at radius 1 is 1.15 bits per heavy atom. The number of nitrogens with zero attached hydrogens (tertiary/aromatic N) is 2. The van der Waals surface area contributed by atoms with E-state index in [1.54, 1.807) is 6.07 Å². The number of amides is 1. The van der Waals surface area contributed by atoms with Crippen molar-refractivity contribution in [2.45, 2.75) is 26.8 Å². The van der Waals surface area contributed by atoms with E-state index in [-0.39, 0.29) is 11.9 Å². The van der Waals surface area contributed by atoms with Crippen molar-refractivity contribution in [3.05, 3.63) is 47.9 Å². The average molecular weight is 270 g/mol. The van der Waals surface area contributed by atoms with E-state index < -0.39 is 0 Å². The lowest BCUT2D eigenvalue weighted by Crippen LogP contribution is -2.16. The molecule has 0 aliphatic heterocycles. The molecular formula is C15H18N4O. The minimum atomic E-state index is -0.247. The van der Waals surface area contributed by atoms with Gasteiger partial charge in [0.25, 0.3) is 5.91 Å². The zero-order valence-electron chi connectivity index (χ0n) is 11.8. The largest absolute Gasteiger partial charge is 0.368 e. The molecule has 5 nitrogen and oxygen atoms in total. The first-order valence-electron chi connectivity index (χ1n) is 6.51. The Kier molecular flexibility index (Phi) is 4.30. The van der Waals surface area contributed by atoms with E-state index in [0.717, 1.165) is 11.3 Å². The Labute approximate surface area is 118 Å². The fourth-order valence-electron chi connectivity index (χ4n) is 1.69. The van der Waals surface area contributed by atoms with Gasteiger partial charge in [-0.15, -0.1) is 0 Å². The molecule has 1 amide bonds. The summed E-state index contributed by atoms with van der Waals surface area (Å²) in [5, 5.41) is 5.95. The predicted octanol–water partition coefficient (Wildman–Crippen LogP) is 2.86. The van der Waals surface area contributed by atoms with Gasteiger partial charge in [-0.2, -0.15) is 0 Å². The number of aryl methyl sites for hydroxylation is 1. The first-order valence-corrected chi connectivity index (χ1v) is 6.51. The number of carbonyl (C=O) groups is 1. The molecule has 1 aromatic carbocycles. The van der Waals surface area contributed by atoms with Crippen molar-refractivity contribution in [1.29, 1.82) is 0 Å². The number of rotatable bonds is 4. The Hall–Kier alpha value is -2.43. The summed E-state index contributed by atoms with van der Waals surface area (Å²) in [6, 6.07) is 9.51. The van der Waals surface area contributed by atoms with E-state index in [4.69, 9.17) is 0 Å². The van der Waals surface area contributed by atoms with Crippen molar-refractivity contribution in [3.63, 3.8) is 0 Å². The van der Waals surface area contributed by atoms with E-state index in [1.165, 1.54) is 6.33 Å². The maximum absolute atomic E-state index is 12.1. The van der Waals surface area contributed by atoms with Crippen LogP contribution in [0.4, 0.5) is 11.5 Å². The lowest BCUT2D eigenvalue weighted by atomic mass is 10.2. The summed E-state index contributed by atoms with van der Waals surface area (Å²) in [6.45, 7) is 6.02. The van der Waals surface area contributed by atoms with E-state index in [0.29, 0.717) is 11.5 Å². The van der Waals surface area contributed by atoms with Crippen LogP contribution in [0.25, 0.3) is 0 Å². The molecule has 1 heterocycles. The molecule has 20 heavy (non-hydrogen) atoms. The molecule has 0 bridgehead atoms. The van der Waals surface area contributed by atoms with Crippen LogP contribution >= 0.6 is 0 Å². The first kappa shape index (κ1) is 14.0. The molecular weight excluding hydrogens is 252 g/mol. The predicted molar refractivity (Wildman–Crippen MR) is 79.9 cm³/mol. The number of aromatic nitrogens is 2. The fraction of sp³-hybridized carbons (Fsp3) is 0.267. The molecule has 0 saturated carbocycles. The molecule has 5 heteroatoms. The summed E-state index contributed by atoms with van der Waals surface area (Å²) in [5.74, 6) is 0.395. The van der Waals surface area contributed by atoms with Gasteiger partial charge in [0.2, 0.25) is 0 Å². The number of carbonyl (C=O) groups excluding carboxylic acids is 1. The quantitative estimate of drug-likeness (QED) is 0.896. The van der Waals surface area contributed by atoms with Crippen LogP contribution in [0.2, 0.25) is 0 Å². The lowest BCUT2D eigenvalue weighted by Gasteiger charge is -2.10. The summed E-state index contributed by atoms with van der Waals surface area (Å²) >= 11 is 0. The number of hydrogen-bond acceptors (Lipinski definition) is 4. The van der Waals surface area contributed by atoms with Gasteiger partial charge < -0.3 is 10.6 Å². The van der Waals surface area contributed by atoms with Crippen LogP contribution in [0.1, 0.15) is 29.9 Å². The Balaban J connectivity index is 2.10. The zero-order valence-corrected chi connectivity index (χ0v) is 11.8. The fourth-order valence-corrected chi connectivity index (χ4v) is 1.69. The van der Waals surface area contributed by atoms with Gasteiger partial charge >= 0.3 is 0 Å². The van der Waals surface area contributed by atoms with E-state index in [1.807, 2.05) is 45.0 Å². The second-order valence-electron chi connectivity index (χ2n) is 4.91. The highest BCUT2D eigenvalue weighted by atomic mass is 16.1. The smallest absolute Gasteiger partial charge is 0.274 e. The third-order valence-corrected chi connectivity index (χ3v) is 2.65. The van der Waals surface area contributed by atoms with Gasteiger partial charge in [0.05, 0.1) is 0 Å². The SMILES string of the molecule is Cc1ccc(NC(=O)c2cc(NC(C)C)ncn2)cc1. The van der Waals surface area contributed by atoms with E-state index in [2.05, 4.69) is 20.6 Å². The van der Waals surface area contributed by atoms with E-state index in [9.17, 15) is 4.79 Å². The summed E-state index contributed by atoms with van der Waals surface area (Å²) in [7, 11) is 0. The maximum atomic E-state index is 12.1. The van der Waals surface area contributed by atoms with Crippen molar-refractivity contribution >= 4 is 17.4 Å². The van der Waals surface area contributed by atoms with Crippen molar-refractivity contribution in [2.24, 2.45) is 0 Å². The molecule has 0 radical (unpaired) electrons. The van der Waals surface area contributed by atoms with Gasteiger partial charge in [-0.25, -0.2) is 9.97 Å². The van der Waals surface area contributed by atoms with Gasteiger partial charge in [-0.05, 0) is 32.9 Å². The summed E-state index contributed by atoms with van der Waals surface area (Å²) in [4.78, 5) is 20.2. The molecule has 0 aliphatic carbocycles. The minimum absolute atomic E-state index is 0.247. The summed E-state index contributed by atoms with van der Waals surface area (Å²) in [6.07, 6.45) is 1.38. The van der Waals surface area contributed by atoms with E-state index >= 15 is 0 Å². The highest BCUT2D eigenvalue weighted by Gasteiger charge is 2.09. The van der Waals surface area contributed by atoms with Crippen molar-refractivity contribution in [1.82, 2.24) is 9.97 Å². The van der Waals surface area contributed by atoms with Gasteiger partial charge in [-0.3, -0.25) is 4.79 Å². The number of anilines is 2. The van der Waals surface area contributed by atoms with Gasteiger partial charge in [0.1, 0.15) is 17.8 Å². The highest BCUT2D eigenvalue weighted by Crippen LogP contribution is 2.11. The van der Waals surface area contributed by atoms with Gasteiger partial charge in [-0.1, -0.05) is 17.7 Å². The molecule has 0 fully saturated rings. The van der Waals surface area contributed by atoms with Crippen LogP contribution in [0.5, 0.6) is 0 Å². The van der Waals surface area contributed by atoms with Crippen LogP contribution < -0.4 is 10.6 Å². The van der Waals surface area contributed by atoms with Crippen LogP contribution in [-0.2, 0) is 0 Å². The third kappa shape index (κ3) is 3.78. The third-order valence-electron chi connectivity index (χ3n) is 2.65. The molecule has 0 aliphatic rings. The summed E-state index contributed by atoms with van der Waals surface area (Å²) < 4.78 is 0. The molecule has 1 aromatic heterocycles. The topological polar surface area (TPSA) is 66.9 Å². The zero-order chi connectivity index (χ0) is 14.5.